The third-order valence-corrected chi connectivity index (χ3v) is 8.18. The predicted molar refractivity (Wildman–Crippen MR) is 134 cm³/mol. The van der Waals surface area contributed by atoms with Gasteiger partial charge in [-0.15, -0.1) is 0 Å². The quantitative estimate of drug-likeness (QED) is 0.598. The van der Waals surface area contributed by atoms with Crippen molar-refractivity contribution in [2.24, 2.45) is 0 Å². The standard InChI is InChI=1S/C29H35NO6/c31-21(19-35-24-9-4-3-8-22(24)20-6-1-2-7-20)18-30-14-12-29(13-15-30)23-10-11-25-27(26(23)28(32)36-29)34-17-5-16-33-25/h3-4,8-11,20-21,31H,1-2,5-7,12-19H2/t21-/m0/s1. The zero-order chi connectivity index (χ0) is 24.5. The van der Waals surface area contributed by atoms with Crippen LogP contribution >= 0.6 is 0 Å². The first-order valence-electron chi connectivity index (χ1n) is 13.4. The molecule has 1 aliphatic carbocycles. The number of hydrogen-bond donors (Lipinski definition) is 1. The van der Waals surface area contributed by atoms with Gasteiger partial charge in [0.05, 0.1) is 13.2 Å². The van der Waals surface area contributed by atoms with Crippen LogP contribution in [0.2, 0.25) is 0 Å². The van der Waals surface area contributed by atoms with Gasteiger partial charge in [-0.3, -0.25) is 0 Å². The molecule has 3 heterocycles. The zero-order valence-electron chi connectivity index (χ0n) is 20.7. The molecule has 1 atom stereocenters. The van der Waals surface area contributed by atoms with Crippen LogP contribution < -0.4 is 14.2 Å². The molecular weight excluding hydrogens is 458 g/mol. The van der Waals surface area contributed by atoms with E-state index >= 15 is 0 Å². The van der Waals surface area contributed by atoms with Crippen molar-refractivity contribution < 1.29 is 28.8 Å². The molecule has 7 heteroatoms. The Morgan fingerprint density at radius 1 is 1.03 bits per heavy atom. The van der Waals surface area contributed by atoms with Crippen LogP contribution in [0.1, 0.15) is 72.3 Å². The number of β-amino-alcohol motifs (C(OH)–C–C–N with tert-alkyl or cyclic N) is 1. The van der Waals surface area contributed by atoms with Crippen molar-refractivity contribution in [3.63, 3.8) is 0 Å². The van der Waals surface area contributed by atoms with Crippen LogP contribution in [0.5, 0.6) is 17.2 Å². The lowest BCUT2D eigenvalue weighted by molar-refractivity contribution is -0.0497. The van der Waals surface area contributed by atoms with Gasteiger partial charge in [-0.25, -0.2) is 4.79 Å². The number of carbonyl (C=O) groups is 1. The zero-order valence-corrected chi connectivity index (χ0v) is 20.7. The summed E-state index contributed by atoms with van der Waals surface area (Å²) in [7, 11) is 0. The van der Waals surface area contributed by atoms with E-state index in [1.54, 1.807) is 0 Å². The Balaban J connectivity index is 1.07. The van der Waals surface area contributed by atoms with Crippen LogP contribution in [0.25, 0.3) is 0 Å². The SMILES string of the molecule is O=C1OC2(CCN(C[C@H](O)COc3ccccc3C3CCCC3)CC2)c2ccc3c(c21)OCCCO3. The predicted octanol–water partition coefficient (Wildman–Crippen LogP) is 4.41. The highest BCUT2D eigenvalue weighted by Crippen LogP contribution is 2.50. The molecule has 192 valence electrons. The fourth-order valence-electron chi connectivity index (χ4n) is 6.29. The normalized spacial score (nSPS) is 22.2. The van der Waals surface area contributed by atoms with Gasteiger partial charge in [0.15, 0.2) is 11.5 Å². The molecule has 0 aromatic heterocycles. The third kappa shape index (κ3) is 4.43. The van der Waals surface area contributed by atoms with E-state index in [1.165, 1.54) is 31.2 Å². The fourth-order valence-corrected chi connectivity index (χ4v) is 6.29. The molecule has 6 rings (SSSR count). The minimum Gasteiger partial charge on any atom is -0.491 e. The maximum atomic E-state index is 12.9. The van der Waals surface area contributed by atoms with Crippen LogP contribution in [0.4, 0.5) is 0 Å². The molecule has 3 aliphatic heterocycles. The van der Waals surface area contributed by atoms with Crippen LogP contribution in [-0.2, 0) is 10.3 Å². The number of aliphatic hydroxyl groups excluding tert-OH is 1. The van der Waals surface area contributed by atoms with Crippen molar-refractivity contribution >= 4 is 5.97 Å². The number of esters is 1. The number of para-hydroxylation sites is 1. The summed E-state index contributed by atoms with van der Waals surface area (Å²) in [5.74, 6) is 2.30. The van der Waals surface area contributed by atoms with Crippen molar-refractivity contribution in [2.75, 3.05) is 39.5 Å². The summed E-state index contributed by atoms with van der Waals surface area (Å²) < 4.78 is 23.8. The Kier molecular flexibility index (Phi) is 6.52. The molecule has 2 aromatic carbocycles. The molecule has 1 saturated carbocycles. The second-order valence-electron chi connectivity index (χ2n) is 10.5. The fraction of sp³-hybridized carbons (Fsp3) is 0.552. The Morgan fingerprint density at radius 3 is 2.64 bits per heavy atom. The van der Waals surface area contributed by atoms with E-state index < -0.39 is 11.7 Å². The van der Waals surface area contributed by atoms with E-state index in [1.807, 2.05) is 24.3 Å². The molecule has 0 radical (unpaired) electrons. The summed E-state index contributed by atoms with van der Waals surface area (Å²) in [6.07, 6.45) is 6.56. The monoisotopic (exact) mass is 493 g/mol. The average molecular weight is 494 g/mol. The van der Waals surface area contributed by atoms with Gasteiger partial charge in [0.2, 0.25) is 0 Å². The minimum absolute atomic E-state index is 0.271. The van der Waals surface area contributed by atoms with Gasteiger partial charge in [0.1, 0.15) is 29.6 Å². The molecule has 7 nitrogen and oxygen atoms in total. The molecule has 36 heavy (non-hydrogen) atoms. The number of piperidine rings is 1. The van der Waals surface area contributed by atoms with Gasteiger partial charge < -0.3 is 29.0 Å². The summed E-state index contributed by atoms with van der Waals surface area (Å²) >= 11 is 0. The van der Waals surface area contributed by atoms with E-state index in [2.05, 4.69) is 17.0 Å². The Hall–Kier alpha value is -2.77. The number of carbonyl (C=O) groups excluding carboxylic acids is 1. The number of rotatable bonds is 6. The topological polar surface area (TPSA) is 77.5 Å². The Morgan fingerprint density at radius 2 is 1.81 bits per heavy atom. The molecule has 0 amide bonds. The van der Waals surface area contributed by atoms with E-state index in [0.717, 1.165) is 30.8 Å². The molecule has 1 saturated heterocycles. The highest BCUT2D eigenvalue weighted by molar-refractivity contribution is 5.98. The van der Waals surface area contributed by atoms with Crippen molar-refractivity contribution in [3.05, 3.63) is 53.1 Å². The molecule has 4 aliphatic rings. The molecule has 0 bridgehead atoms. The molecular formula is C29H35NO6. The second-order valence-corrected chi connectivity index (χ2v) is 10.5. The minimum atomic E-state index is -0.630. The maximum Gasteiger partial charge on any atom is 0.343 e. The van der Waals surface area contributed by atoms with Crippen LogP contribution in [0.15, 0.2) is 36.4 Å². The molecule has 1 N–H and O–H groups in total. The van der Waals surface area contributed by atoms with E-state index in [0.29, 0.717) is 55.6 Å². The number of aliphatic hydroxyl groups is 1. The van der Waals surface area contributed by atoms with Crippen molar-refractivity contribution in [1.82, 2.24) is 4.90 Å². The maximum absolute atomic E-state index is 12.9. The lowest BCUT2D eigenvalue weighted by atomic mass is 9.83. The van der Waals surface area contributed by atoms with Crippen LogP contribution in [-0.4, -0.2) is 61.5 Å². The van der Waals surface area contributed by atoms with E-state index in [9.17, 15) is 9.90 Å². The number of ether oxygens (including phenoxy) is 4. The van der Waals surface area contributed by atoms with Gasteiger partial charge in [0, 0.05) is 44.5 Å². The summed E-state index contributed by atoms with van der Waals surface area (Å²) in [6, 6.07) is 12.1. The molecule has 1 spiro atoms. The van der Waals surface area contributed by atoms with Gasteiger partial charge in [-0.05, 0) is 36.5 Å². The van der Waals surface area contributed by atoms with Crippen molar-refractivity contribution in [2.45, 2.75) is 62.6 Å². The van der Waals surface area contributed by atoms with Gasteiger partial charge >= 0.3 is 5.97 Å². The Labute approximate surface area is 212 Å². The highest BCUT2D eigenvalue weighted by Gasteiger charge is 2.49. The van der Waals surface area contributed by atoms with Crippen LogP contribution in [0.3, 0.4) is 0 Å². The van der Waals surface area contributed by atoms with E-state index in [4.69, 9.17) is 18.9 Å². The lowest BCUT2D eigenvalue weighted by Gasteiger charge is -2.39. The summed E-state index contributed by atoms with van der Waals surface area (Å²) in [5.41, 5.74) is 2.08. The number of nitrogens with zero attached hydrogens (tertiary/aromatic N) is 1. The third-order valence-electron chi connectivity index (χ3n) is 8.18. The number of benzene rings is 2. The van der Waals surface area contributed by atoms with E-state index in [-0.39, 0.29) is 12.6 Å². The van der Waals surface area contributed by atoms with Gasteiger partial charge in [-0.2, -0.15) is 0 Å². The summed E-state index contributed by atoms with van der Waals surface area (Å²) in [6.45, 7) is 3.38. The first-order chi connectivity index (χ1) is 17.6. The lowest BCUT2D eigenvalue weighted by Crippen LogP contribution is -2.46. The first kappa shape index (κ1) is 23.6. The average Bonchev–Trinajstić information content (AvgIpc) is 3.44. The van der Waals surface area contributed by atoms with Gasteiger partial charge in [0.25, 0.3) is 0 Å². The van der Waals surface area contributed by atoms with Crippen LogP contribution in [0, 0.1) is 0 Å². The summed E-state index contributed by atoms with van der Waals surface area (Å²) in [5, 5.41) is 10.8. The largest absolute Gasteiger partial charge is 0.491 e. The highest BCUT2D eigenvalue weighted by atomic mass is 16.6. The van der Waals surface area contributed by atoms with Crippen molar-refractivity contribution in [1.29, 1.82) is 0 Å². The second kappa shape index (κ2) is 9.94. The molecule has 2 aromatic rings. The smallest absolute Gasteiger partial charge is 0.343 e. The first-order valence-corrected chi connectivity index (χ1v) is 13.4. The summed E-state index contributed by atoms with van der Waals surface area (Å²) in [4.78, 5) is 15.1. The number of likely N-dealkylation sites (tertiary alicyclic amines) is 1. The molecule has 2 fully saturated rings. The molecule has 0 unspecified atom stereocenters. The number of fused-ring (bicyclic) bond motifs is 4. The number of hydrogen-bond acceptors (Lipinski definition) is 7. The van der Waals surface area contributed by atoms with Gasteiger partial charge in [-0.1, -0.05) is 37.1 Å². The Bertz CT molecular complexity index is 1100. The van der Waals surface area contributed by atoms with Crippen molar-refractivity contribution in [3.8, 4) is 17.2 Å².